The molecule has 0 bridgehead atoms. The van der Waals surface area contributed by atoms with E-state index in [1.54, 1.807) is 0 Å². The third-order valence-electron chi connectivity index (χ3n) is 4.03. The molecule has 1 spiro atoms. The molecule has 2 aliphatic rings. The van der Waals surface area contributed by atoms with E-state index in [9.17, 15) is 15.3 Å². The average Bonchev–Trinajstić information content (AvgIpc) is 2.80. The summed E-state index contributed by atoms with van der Waals surface area (Å²) in [5, 5.41) is 29.8. The third kappa shape index (κ3) is 1.32. The molecule has 1 saturated carbocycles. The number of fused-ring (bicyclic) bond motifs is 1. The second-order valence-electron chi connectivity index (χ2n) is 5.20. The maximum absolute atomic E-state index is 10.1. The first-order chi connectivity index (χ1) is 9.54. The van der Waals surface area contributed by atoms with Gasteiger partial charge >= 0.3 is 0 Å². The molecule has 2 aromatic rings. The molecule has 5 N–H and O–H groups in total. The van der Waals surface area contributed by atoms with Crippen LogP contribution in [-0.2, 0) is 4.74 Å². The van der Waals surface area contributed by atoms with Crippen LogP contribution in [0.25, 0.3) is 11.2 Å². The van der Waals surface area contributed by atoms with Gasteiger partial charge in [-0.1, -0.05) is 0 Å². The molecule has 106 valence electrons. The zero-order valence-electron chi connectivity index (χ0n) is 10.3. The summed E-state index contributed by atoms with van der Waals surface area (Å²) < 4.78 is 7.15. The van der Waals surface area contributed by atoms with Crippen molar-refractivity contribution in [2.45, 2.75) is 36.6 Å². The van der Waals surface area contributed by atoms with Crippen LogP contribution < -0.4 is 5.73 Å². The van der Waals surface area contributed by atoms with Gasteiger partial charge in [-0.2, -0.15) is 0 Å². The molecule has 1 aliphatic carbocycles. The number of aromatic nitrogens is 4. The standard InChI is InChI=1S/C11H13N5O4/c12-8-5-9(14-2-13-8)16(3-15-5)10-6(18)7(19)11(20-10)1-4(11)17/h2-4,6-7,10,17-19H,1H2,(H2,12,13,14)/t4-,6+,7?,10-,11+/m1/s1. The molecule has 4 rings (SSSR count). The highest BCUT2D eigenvalue weighted by atomic mass is 16.6. The SMILES string of the molecule is Nc1ncnc2c1ncn2[C@@H]1O[C@]2(C[C@H]2O)C(O)[C@@H]1O. The van der Waals surface area contributed by atoms with Crippen molar-refractivity contribution in [2.24, 2.45) is 0 Å². The predicted octanol–water partition coefficient (Wildman–Crippen LogP) is -1.84. The number of nitrogens with zero attached hydrogens (tertiary/aromatic N) is 4. The van der Waals surface area contributed by atoms with Crippen molar-refractivity contribution >= 4 is 17.0 Å². The second-order valence-corrected chi connectivity index (χ2v) is 5.20. The minimum atomic E-state index is -1.18. The Hall–Kier alpha value is -1.81. The van der Waals surface area contributed by atoms with Crippen LogP contribution in [0.5, 0.6) is 0 Å². The molecular formula is C11H13N5O4. The molecule has 9 heteroatoms. The Bertz CT molecular complexity index is 691. The quantitative estimate of drug-likeness (QED) is 0.477. The second kappa shape index (κ2) is 3.64. The van der Waals surface area contributed by atoms with Crippen LogP contribution in [0.15, 0.2) is 12.7 Å². The largest absolute Gasteiger partial charge is 0.390 e. The molecule has 20 heavy (non-hydrogen) atoms. The summed E-state index contributed by atoms with van der Waals surface area (Å²) >= 11 is 0. The smallest absolute Gasteiger partial charge is 0.167 e. The predicted molar refractivity (Wildman–Crippen MR) is 65.2 cm³/mol. The van der Waals surface area contributed by atoms with E-state index in [1.807, 2.05) is 0 Å². The number of rotatable bonds is 1. The first-order valence-electron chi connectivity index (χ1n) is 6.19. The number of hydrogen-bond acceptors (Lipinski definition) is 8. The molecule has 3 heterocycles. The number of aliphatic hydroxyl groups excluding tert-OH is 3. The number of aliphatic hydroxyl groups is 3. The van der Waals surface area contributed by atoms with E-state index in [4.69, 9.17) is 10.5 Å². The van der Waals surface area contributed by atoms with Gasteiger partial charge in [-0.25, -0.2) is 15.0 Å². The van der Waals surface area contributed by atoms with E-state index in [0.717, 1.165) is 0 Å². The van der Waals surface area contributed by atoms with Crippen molar-refractivity contribution < 1.29 is 20.1 Å². The van der Waals surface area contributed by atoms with Gasteiger partial charge in [-0.15, -0.1) is 0 Å². The van der Waals surface area contributed by atoms with Crippen molar-refractivity contribution in [3.63, 3.8) is 0 Å². The summed E-state index contributed by atoms with van der Waals surface area (Å²) in [7, 11) is 0. The summed E-state index contributed by atoms with van der Waals surface area (Å²) in [6.45, 7) is 0. The highest BCUT2D eigenvalue weighted by molar-refractivity contribution is 5.81. The lowest BCUT2D eigenvalue weighted by atomic mass is 10.1. The van der Waals surface area contributed by atoms with Crippen molar-refractivity contribution in [2.75, 3.05) is 5.73 Å². The van der Waals surface area contributed by atoms with E-state index in [1.165, 1.54) is 17.2 Å². The van der Waals surface area contributed by atoms with Crippen LogP contribution in [-0.4, -0.2) is 58.8 Å². The summed E-state index contributed by atoms with van der Waals surface area (Å²) in [6.07, 6.45) is -0.974. The number of hydrogen-bond donors (Lipinski definition) is 4. The maximum Gasteiger partial charge on any atom is 0.167 e. The molecule has 9 nitrogen and oxygen atoms in total. The fourth-order valence-electron chi connectivity index (χ4n) is 2.77. The highest BCUT2D eigenvalue weighted by Crippen LogP contribution is 2.53. The zero-order valence-corrected chi connectivity index (χ0v) is 10.3. The van der Waals surface area contributed by atoms with Gasteiger partial charge in [0.1, 0.15) is 29.7 Å². The molecular weight excluding hydrogens is 266 g/mol. The van der Waals surface area contributed by atoms with Gasteiger partial charge in [0.05, 0.1) is 12.4 Å². The Morgan fingerprint density at radius 3 is 2.70 bits per heavy atom. The van der Waals surface area contributed by atoms with E-state index in [2.05, 4.69) is 15.0 Å². The van der Waals surface area contributed by atoms with Crippen LogP contribution >= 0.6 is 0 Å². The third-order valence-corrected chi connectivity index (χ3v) is 4.03. The zero-order chi connectivity index (χ0) is 14.1. The van der Waals surface area contributed by atoms with Crippen LogP contribution in [0.4, 0.5) is 5.82 Å². The number of imidazole rings is 1. The van der Waals surface area contributed by atoms with Crippen LogP contribution in [0.3, 0.4) is 0 Å². The molecule has 5 atom stereocenters. The van der Waals surface area contributed by atoms with Gasteiger partial charge in [0.25, 0.3) is 0 Å². The lowest BCUT2D eigenvalue weighted by Gasteiger charge is -2.16. The Labute approximate surface area is 112 Å². The monoisotopic (exact) mass is 279 g/mol. The van der Waals surface area contributed by atoms with E-state index >= 15 is 0 Å². The highest BCUT2D eigenvalue weighted by Gasteiger charge is 2.69. The van der Waals surface area contributed by atoms with Gasteiger partial charge < -0.3 is 25.8 Å². The molecule has 1 aliphatic heterocycles. The molecule has 1 saturated heterocycles. The molecule has 0 aromatic carbocycles. The van der Waals surface area contributed by atoms with Crippen LogP contribution in [0.2, 0.25) is 0 Å². The van der Waals surface area contributed by atoms with Crippen molar-refractivity contribution in [3.8, 4) is 0 Å². The maximum atomic E-state index is 10.1. The Balaban J connectivity index is 1.79. The van der Waals surface area contributed by atoms with E-state index < -0.39 is 30.1 Å². The molecule has 2 fully saturated rings. The first-order valence-corrected chi connectivity index (χ1v) is 6.19. The molecule has 1 unspecified atom stereocenters. The van der Waals surface area contributed by atoms with Gasteiger partial charge in [-0.05, 0) is 0 Å². The number of ether oxygens (including phenoxy) is 1. The summed E-state index contributed by atoms with van der Waals surface area (Å²) in [4.78, 5) is 12.0. The first kappa shape index (κ1) is 12.0. The van der Waals surface area contributed by atoms with E-state index in [-0.39, 0.29) is 5.82 Å². The summed E-state index contributed by atoms with van der Waals surface area (Å²) in [6, 6.07) is 0. The van der Waals surface area contributed by atoms with Crippen molar-refractivity contribution in [1.29, 1.82) is 0 Å². The molecule has 0 radical (unpaired) electrons. The Morgan fingerprint density at radius 2 is 2.05 bits per heavy atom. The Kier molecular flexibility index (Phi) is 2.18. The molecule has 2 aromatic heterocycles. The van der Waals surface area contributed by atoms with Crippen molar-refractivity contribution in [3.05, 3.63) is 12.7 Å². The van der Waals surface area contributed by atoms with Gasteiger partial charge in [-0.3, -0.25) is 4.57 Å². The fourth-order valence-corrected chi connectivity index (χ4v) is 2.77. The fraction of sp³-hybridized carbons (Fsp3) is 0.545. The Morgan fingerprint density at radius 1 is 1.30 bits per heavy atom. The van der Waals surface area contributed by atoms with Crippen LogP contribution in [0, 0.1) is 0 Å². The number of anilines is 1. The van der Waals surface area contributed by atoms with E-state index in [0.29, 0.717) is 17.6 Å². The average molecular weight is 279 g/mol. The molecule has 0 amide bonds. The minimum Gasteiger partial charge on any atom is -0.390 e. The number of nitrogen functional groups attached to an aromatic ring is 1. The van der Waals surface area contributed by atoms with Gasteiger partial charge in [0, 0.05) is 6.42 Å². The summed E-state index contributed by atoms with van der Waals surface area (Å²) in [5.74, 6) is 0.225. The number of nitrogens with two attached hydrogens (primary N) is 1. The van der Waals surface area contributed by atoms with Crippen molar-refractivity contribution in [1.82, 2.24) is 19.5 Å². The lowest BCUT2D eigenvalue weighted by molar-refractivity contribution is -0.0633. The lowest BCUT2D eigenvalue weighted by Crippen LogP contribution is -2.34. The van der Waals surface area contributed by atoms with Gasteiger partial charge in [0.2, 0.25) is 0 Å². The topological polar surface area (TPSA) is 140 Å². The normalized spacial score (nSPS) is 39.8. The van der Waals surface area contributed by atoms with Crippen LogP contribution in [0.1, 0.15) is 12.6 Å². The van der Waals surface area contributed by atoms with Gasteiger partial charge in [0.15, 0.2) is 17.7 Å². The minimum absolute atomic E-state index is 0.225. The summed E-state index contributed by atoms with van der Waals surface area (Å²) in [5.41, 5.74) is 5.42.